The summed E-state index contributed by atoms with van der Waals surface area (Å²) in [5.41, 5.74) is 4.44. The van der Waals surface area contributed by atoms with Crippen molar-refractivity contribution in [3.63, 3.8) is 0 Å². The molecule has 5 rings (SSSR count). The van der Waals surface area contributed by atoms with E-state index in [2.05, 4.69) is 0 Å². The van der Waals surface area contributed by atoms with Crippen molar-refractivity contribution in [2.45, 2.75) is 19.0 Å². The number of nitrogens with zero attached hydrogens (tertiary/aromatic N) is 2. The number of thioether (sulfide) groups is 1. The number of hydrogen-bond donors (Lipinski definition) is 0. The Morgan fingerprint density at radius 3 is 2.18 bits per heavy atom. The molecule has 4 nitrogen and oxygen atoms in total. The topological polar surface area (TPSA) is 52.0 Å². The molecule has 5 aromatic rings. The van der Waals surface area contributed by atoms with Gasteiger partial charge in [0.05, 0.1) is 16.8 Å². The Hall–Kier alpha value is -3.48. The minimum Gasteiger partial charge on any atom is -0.293 e. The molecule has 6 heteroatoms. The van der Waals surface area contributed by atoms with Crippen molar-refractivity contribution < 1.29 is 4.79 Å². The normalized spacial score (nSPS) is 11.1. The number of aryl methyl sites for hydroxylation is 2. The third-order valence-electron chi connectivity index (χ3n) is 5.83. The summed E-state index contributed by atoms with van der Waals surface area (Å²) in [5, 5.41) is 1.18. The molecule has 0 spiro atoms. The van der Waals surface area contributed by atoms with Gasteiger partial charge in [0.15, 0.2) is 10.9 Å². The van der Waals surface area contributed by atoms with Gasteiger partial charge in [-0.3, -0.25) is 14.2 Å². The van der Waals surface area contributed by atoms with Gasteiger partial charge in [-0.1, -0.05) is 84.6 Å². The van der Waals surface area contributed by atoms with E-state index in [4.69, 9.17) is 4.98 Å². The summed E-state index contributed by atoms with van der Waals surface area (Å²) < 4.78 is 1.62. The molecule has 0 saturated heterocycles. The van der Waals surface area contributed by atoms with Gasteiger partial charge in [0.1, 0.15) is 4.83 Å². The smallest absolute Gasteiger partial charge is 0.267 e. The molecule has 0 aliphatic carbocycles. The van der Waals surface area contributed by atoms with E-state index in [9.17, 15) is 9.59 Å². The van der Waals surface area contributed by atoms with Crippen molar-refractivity contribution in [1.29, 1.82) is 0 Å². The fourth-order valence-electron chi connectivity index (χ4n) is 3.87. The van der Waals surface area contributed by atoms with E-state index in [1.165, 1.54) is 23.1 Å². The molecule has 2 heterocycles. The molecule has 0 aliphatic rings. The maximum atomic E-state index is 13.5. The maximum absolute atomic E-state index is 13.5. The van der Waals surface area contributed by atoms with Crippen LogP contribution in [0.3, 0.4) is 0 Å². The summed E-state index contributed by atoms with van der Waals surface area (Å²) in [4.78, 5) is 33.1. The quantitative estimate of drug-likeness (QED) is 0.153. The van der Waals surface area contributed by atoms with Crippen LogP contribution in [0.5, 0.6) is 0 Å². The number of carbonyl (C=O) groups is 1. The van der Waals surface area contributed by atoms with Gasteiger partial charge < -0.3 is 0 Å². The first-order valence-electron chi connectivity index (χ1n) is 10.9. The highest BCUT2D eigenvalue weighted by Crippen LogP contribution is 2.30. The molecule has 0 atom stereocenters. The minimum atomic E-state index is -0.0970. The molecule has 0 aliphatic heterocycles. The highest BCUT2D eigenvalue weighted by atomic mass is 32.2. The second-order valence-electron chi connectivity index (χ2n) is 7.99. The largest absolute Gasteiger partial charge is 0.293 e. The Morgan fingerprint density at radius 1 is 0.882 bits per heavy atom. The minimum absolute atomic E-state index is 0.00268. The van der Waals surface area contributed by atoms with Gasteiger partial charge in [-0.25, -0.2) is 4.98 Å². The van der Waals surface area contributed by atoms with E-state index in [1.807, 2.05) is 98.8 Å². The second kappa shape index (κ2) is 9.41. The average Bonchev–Trinajstić information content (AvgIpc) is 3.17. The van der Waals surface area contributed by atoms with Crippen LogP contribution in [0.4, 0.5) is 0 Å². The number of ketones is 1. The van der Waals surface area contributed by atoms with Crippen molar-refractivity contribution >= 4 is 39.1 Å². The van der Waals surface area contributed by atoms with Crippen LogP contribution in [0.2, 0.25) is 0 Å². The van der Waals surface area contributed by atoms with E-state index in [0.717, 1.165) is 27.3 Å². The summed E-state index contributed by atoms with van der Waals surface area (Å²) in [6.45, 7) is 3.96. The van der Waals surface area contributed by atoms with Gasteiger partial charge in [0, 0.05) is 10.4 Å². The molecule has 0 unspecified atom stereocenters. The van der Waals surface area contributed by atoms with Gasteiger partial charge in [-0.2, -0.15) is 0 Å². The number of carbonyl (C=O) groups excluding carboxylic acids is 1. The van der Waals surface area contributed by atoms with Crippen LogP contribution in [-0.4, -0.2) is 21.1 Å². The van der Waals surface area contributed by atoms with Crippen LogP contribution < -0.4 is 5.56 Å². The fourth-order valence-corrected chi connectivity index (χ4v) is 5.85. The molecular weight excluding hydrogens is 460 g/mol. The van der Waals surface area contributed by atoms with Crippen LogP contribution in [0.1, 0.15) is 20.8 Å². The van der Waals surface area contributed by atoms with Crippen LogP contribution in [0.25, 0.3) is 27.0 Å². The Morgan fingerprint density at radius 2 is 1.50 bits per heavy atom. The number of aromatic nitrogens is 2. The van der Waals surface area contributed by atoms with E-state index < -0.39 is 0 Å². The lowest BCUT2D eigenvalue weighted by Gasteiger charge is -2.12. The number of thiophene rings is 1. The predicted molar refractivity (Wildman–Crippen MR) is 142 cm³/mol. The molecule has 0 bridgehead atoms. The van der Waals surface area contributed by atoms with Gasteiger partial charge in [0.2, 0.25) is 0 Å². The molecule has 2 aromatic heterocycles. The Balaban J connectivity index is 1.46. The number of benzene rings is 3. The van der Waals surface area contributed by atoms with Crippen LogP contribution in [0.15, 0.2) is 94.9 Å². The third-order valence-corrected chi connectivity index (χ3v) is 7.87. The molecule has 34 heavy (non-hydrogen) atoms. The first kappa shape index (κ1) is 22.3. The van der Waals surface area contributed by atoms with E-state index in [-0.39, 0.29) is 17.1 Å². The molecule has 0 N–H and O–H groups in total. The number of para-hydroxylation sites is 1. The summed E-state index contributed by atoms with van der Waals surface area (Å²) in [7, 11) is 0. The maximum Gasteiger partial charge on any atom is 0.267 e. The zero-order chi connectivity index (χ0) is 23.7. The van der Waals surface area contributed by atoms with Crippen molar-refractivity contribution in [2.75, 3.05) is 5.75 Å². The first-order chi connectivity index (χ1) is 16.5. The number of hydrogen-bond acceptors (Lipinski definition) is 5. The molecule has 0 amide bonds. The second-order valence-corrected chi connectivity index (χ2v) is 10.1. The van der Waals surface area contributed by atoms with Gasteiger partial charge >= 0.3 is 0 Å². The summed E-state index contributed by atoms with van der Waals surface area (Å²) in [6, 6.07) is 27.2. The molecule has 0 fully saturated rings. The van der Waals surface area contributed by atoms with Gasteiger partial charge in [0.25, 0.3) is 5.56 Å². The fraction of sp³-hybridized carbons (Fsp3) is 0.107. The zero-order valence-electron chi connectivity index (χ0n) is 18.8. The summed E-state index contributed by atoms with van der Waals surface area (Å²) >= 11 is 2.82. The summed E-state index contributed by atoms with van der Waals surface area (Å²) in [5.74, 6) is 0.191. The van der Waals surface area contributed by atoms with E-state index in [0.29, 0.717) is 20.9 Å². The first-order valence-corrected chi connectivity index (χ1v) is 12.7. The standard InChI is InChI=1S/C28H22N2O2S2/c1-18-19(2)34-26-25(18)27(32)30(23-11-7-4-8-12-23)28(29-26)33-17-24(31)22-15-13-21(14-16-22)20-9-5-3-6-10-20/h3-16H,17H2,1-2H3. The predicted octanol–water partition coefficient (Wildman–Crippen LogP) is 6.71. The highest BCUT2D eigenvalue weighted by Gasteiger charge is 2.19. The molecule has 168 valence electrons. The third kappa shape index (κ3) is 4.22. The number of fused-ring (bicyclic) bond motifs is 1. The highest BCUT2D eigenvalue weighted by molar-refractivity contribution is 7.99. The van der Waals surface area contributed by atoms with Gasteiger partial charge in [-0.05, 0) is 42.7 Å². The average molecular weight is 483 g/mol. The van der Waals surface area contributed by atoms with Crippen molar-refractivity contribution in [3.05, 3.63) is 111 Å². The monoisotopic (exact) mass is 482 g/mol. The van der Waals surface area contributed by atoms with E-state index in [1.54, 1.807) is 4.57 Å². The number of Topliss-reactive ketones (excluding diaryl/α,β-unsaturated/α-hetero) is 1. The Kier molecular flexibility index (Phi) is 6.18. The SMILES string of the molecule is Cc1sc2nc(SCC(=O)c3ccc(-c4ccccc4)cc3)n(-c3ccccc3)c(=O)c2c1C. The Bertz CT molecular complexity index is 1540. The lowest BCUT2D eigenvalue weighted by molar-refractivity contribution is 0.102. The van der Waals surface area contributed by atoms with Crippen molar-refractivity contribution in [3.8, 4) is 16.8 Å². The molecule has 0 saturated carbocycles. The van der Waals surface area contributed by atoms with Crippen molar-refractivity contribution in [2.24, 2.45) is 0 Å². The molecule has 0 radical (unpaired) electrons. The number of rotatable bonds is 6. The molecule has 3 aromatic carbocycles. The van der Waals surface area contributed by atoms with Crippen LogP contribution in [0, 0.1) is 13.8 Å². The van der Waals surface area contributed by atoms with Crippen LogP contribution in [-0.2, 0) is 0 Å². The zero-order valence-corrected chi connectivity index (χ0v) is 20.5. The lowest BCUT2D eigenvalue weighted by Crippen LogP contribution is -2.22. The van der Waals surface area contributed by atoms with Crippen molar-refractivity contribution in [1.82, 2.24) is 9.55 Å². The van der Waals surface area contributed by atoms with Gasteiger partial charge in [-0.15, -0.1) is 11.3 Å². The van der Waals surface area contributed by atoms with E-state index >= 15 is 0 Å². The lowest BCUT2D eigenvalue weighted by atomic mass is 10.0. The van der Waals surface area contributed by atoms with Crippen LogP contribution >= 0.6 is 23.1 Å². The molecular formula is C28H22N2O2S2. The Labute approximate surface area is 205 Å². The summed E-state index contributed by atoms with van der Waals surface area (Å²) in [6.07, 6.45) is 0.